The Labute approximate surface area is 357 Å². The van der Waals surface area contributed by atoms with Crippen LogP contribution in [0.25, 0.3) is 89.1 Å². The summed E-state index contributed by atoms with van der Waals surface area (Å²) < 4.78 is 4.97. The zero-order valence-corrected chi connectivity index (χ0v) is 34.1. The van der Waals surface area contributed by atoms with Crippen LogP contribution in [0.1, 0.15) is 18.9 Å². The molecule has 0 fully saturated rings. The van der Waals surface area contributed by atoms with Crippen molar-refractivity contribution in [1.82, 2.24) is 9.13 Å². The van der Waals surface area contributed by atoms with Gasteiger partial charge in [0.15, 0.2) is 0 Å². The van der Waals surface area contributed by atoms with Gasteiger partial charge >= 0.3 is 0 Å². The van der Waals surface area contributed by atoms with Gasteiger partial charge in [-0.05, 0) is 111 Å². The summed E-state index contributed by atoms with van der Waals surface area (Å²) in [5, 5.41) is 2.37. The molecule has 0 amide bonds. The molecule has 1 atom stereocenters. The van der Waals surface area contributed by atoms with Crippen molar-refractivity contribution < 1.29 is 0 Å². The molecule has 0 bridgehead atoms. The van der Waals surface area contributed by atoms with E-state index in [1.807, 2.05) is 0 Å². The molecule has 2 aromatic heterocycles. The summed E-state index contributed by atoms with van der Waals surface area (Å²) in [5.74, 6) is 0. The van der Waals surface area contributed by atoms with Crippen molar-refractivity contribution in [3.05, 3.63) is 242 Å². The van der Waals surface area contributed by atoms with Crippen molar-refractivity contribution in [2.45, 2.75) is 18.8 Å². The molecule has 0 aliphatic heterocycles. The third kappa shape index (κ3) is 6.73. The normalized spacial score (nSPS) is 14.8. The van der Waals surface area contributed by atoms with Gasteiger partial charge in [-0.3, -0.25) is 0 Å². The summed E-state index contributed by atoms with van der Waals surface area (Å²) in [5.41, 5.74) is 17.6. The summed E-state index contributed by atoms with van der Waals surface area (Å²) in [6.45, 7) is 2.36. The molecular formula is C59H44N2. The van der Waals surface area contributed by atoms with Crippen LogP contribution in [-0.4, -0.2) is 9.13 Å². The average molecular weight is 781 g/mol. The minimum absolute atomic E-state index is 0.133. The van der Waals surface area contributed by atoms with E-state index in [1.165, 1.54) is 66.4 Å². The van der Waals surface area contributed by atoms with Gasteiger partial charge in [0.2, 0.25) is 0 Å². The highest BCUT2D eigenvalue weighted by Crippen LogP contribution is 2.42. The molecule has 1 unspecified atom stereocenters. The lowest BCUT2D eigenvalue weighted by atomic mass is 9.76. The van der Waals surface area contributed by atoms with E-state index in [1.54, 1.807) is 0 Å². The molecule has 8 aromatic carbocycles. The maximum Gasteiger partial charge on any atom is 0.0542 e. The predicted octanol–water partition coefficient (Wildman–Crippen LogP) is 15.7. The van der Waals surface area contributed by atoms with E-state index in [2.05, 4.69) is 253 Å². The van der Waals surface area contributed by atoms with Crippen molar-refractivity contribution in [3.63, 3.8) is 0 Å². The fourth-order valence-electron chi connectivity index (χ4n) is 9.25. The molecule has 0 N–H and O–H groups in total. The van der Waals surface area contributed by atoms with Crippen LogP contribution >= 0.6 is 0 Å². The van der Waals surface area contributed by atoms with E-state index in [0.29, 0.717) is 0 Å². The molecule has 290 valence electrons. The van der Waals surface area contributed by atoms with Gasteiger partial charge in [0.1, 0.15) is 0 Å². The fraction of sp³-hybridized carbons (Fsp3) is 0.0508. The minimum atomic E-state index is -0.133. The lowest BCUT2D eigenvalue weighted by Gasteiger charge is -2.29. The Balaban J connectivity index is 1.20. The van der Waals surface area contributed by atoms with Gasteiger partial charge in [0.05, 0.1) is 22.4 Å². The maximum absolute atomic E-state index is 2.49. The van der Waals surface area contributed by atoms with Crippen LogP contribution in [0.4, 0.5) is 0 Å². The van der Waals surface area contributed by atoms with E-state index in [4.69, 9.17) is 0 Å². The highest BCUT2D eigenvalue weighted by Gasteiger charge is 2.26. The van der Waals surface area contributed by atoms with Crippen LogP contribution in [0.2, 0.25) is 0 Å². The van der Waals surface area contributed by atoms with Gasteiger partial charge in [-0.15, -0.1) is 0 Å². The zero-order chi connectivity index (χ0) is 40.8. The third-order valence-electron chi connectivity index (χ3n) is 12.4. The van der Waals surface area contributed by atoms with E-state index in [0.717, 1.165) is 34.7 Å². The number of fused-ring (bicyclic) bond motifs is 2. The van der Waals surface area contributed by atoms with Crippen LogP contribution in [0.5, 0.6) is 0 Å². The van der Waals surface area contributed by atoms with Gasteiger partial charge in [-0.1, -0.05) is 189 Å². The first-order valence-corrected chi connectivity index (χ1v) is 21.2. The van der Waals surface area contributed by atoms with E-state index >= 15 is 0 Å². The quantitative estimate of drug-likeness (QED) is 0.145. The summed E-state index contributed by atoms with van der Waals surface area (Å²) >= 11 is 0. The minimum Gasteiger partial charge on any atom is -0.309 e. The van der Waals surface area contributed by atoms with Gasteiger partial charge in [-0.25, -0.2) is 0 Å². The topological polar surface area (TPSA) is 9.86 Å². The SMILES string of the molecule is CC1(c2cc(-c3ccccc3)cc(-n3c(-c4ccccc4)cc4cc5c(cc(-c6ccccc6)n5-c5cc(-c6ccccc6)cc(-c6ccccc6)c5)cc43)c2)C=CC=CC1. The largest absolute Gasteiger partial charge is 0.309 e. The van der Waals surface area contributed by atoms with E-state index in [-0.39, 0.29) is 5.41 Å². The second-order valence-electron chi connectivity index (χ2n) is 16.5. The molecule has 0 spiro atoms. The third-order valence-corrected chi connectivity index (χ3v) is 12.4. The molecule has 10 aromatic rings. The summed E-state index contributed by atoms with van der Waals surface area (Å²) in [6.07, 6.45) is 9.97. The molecule has 0 saturated heterocycles. The van der Waals surface area contributed by atoms with Gasteiger partial charge in [0.25, 0.3) is 0 Å². The molecule has 11 rings (SSSR count). The van der Waals surface area contributed by atoms with Gasteiger partial charge in [-0.2, -0.15) is 0 Å². The first kappa shape index (κ1) is 36.4. The van der Waals surface area contributed by atoms with E-state index < -0.39 is 0 Å². The van der Waals surface area contributed by atoms with Crippen LogP contribution in [0, 0.1) is 0 Å². The van der Waals surface area contributed by atoms with Crippen LogP contribution in [0.15, 0.2) is 237 Å². The summed E-state index contributed by atoms with van der Waals surface area (Å²) in [4.78, 5) is 0. The standard InChI is InChI=1S/C59H44N2/c1-59(30-18-7-19-31-59)52-33-49(44-24-12-4-13-25-44)36-54(41-52)61-56(46-28-16-6-17-29-46)38-51-39-57-50(40-58(51)61)37-55(45-26-14-5-15-27-45)60(57)53-34-47(42-20-8-2-9-21-42)32-48(35-53)43-22-10-3-11-23-43/h2-30,32-41H,31H2,1H3. The van der Waals surface area contributed by atoms with Crippen molar-refractivity contribution in [1.29, 1.82) is 0 Å². The molecule has 1 aliphatic carbocycles. The monoisotopic (exact) mass is 780 g/mol. The van der Waals surface area contributed by atoms with E-state index in [9.17, 15) is 0 Å². The van der Waals surface area contributed by atoms with Crippen LogP contribution in [-0.2, 0) is 5.41 Å². The molecule has 1 aliphatic rings. The molecule has 0 saturated carbocycles. The molecule has 2 heteroatoms. The average Bonchev–Trinajstić information content (AvgIpc) is 3.90. The Bertz CT molecular complexity index is 3190. The second-order valence-corrected chi connectivity index (χ2v) is 16.5. The van der Waals surface area contributed by atoms with Crippen molar-refractivity contribution in [3.8, 4) is 67.3 Å². The van der Waals surface area contributed by atoms with Gasteiger partial charge in [0, 0.05) is 27.6 Å². The molecule has 2 nitrogen and oxygen atoms in total. The smallest absolute Gasteiger partial charge is 0.0542 e. The van der Waals surface area contributed by atoms with Crippen LogP contribution in [0.3, 0.4) is 0 Å². The highest BCUT2D eigenvalue weighted by atomic mass is 15.0. The number of benzene rings is 8. The Morgan fingerprint density at radius 2 is 0.754 bits per heavy atom. The number of hydrogen-bond acceptors (Lipinski definition) is 0. The first-order chi connectivity index (χ1) is 30.1. The molecule has 2 heterocycles. The molecular weight excluding hydrogens is 737 g/mol. The lowest BCUT2D eigenvalue weighted by Crippen LogP contribution is -2.20. The first-order valence-electron chi connectivity index (χ1n) is 21.2. The lowest BCUT2D eigenvalue weighted by molar-refractivity contribution is 0.599. The van der Waals surface area contributed by atoms with Crippen molar-refractivity contribution >= 4 is 21.8 Å². The second kappa shape index (κ2) is 15.2. The highest BCUT2D eigenvalue weighted by molar-refractivity contribution is 6.02. The predicted molar refractivity (Wildman–Crippen MR) is 258 cm³/mol. The maximum atomic E-state index is 2.49. The Hall–Kier alpha value is -7.68. The Kier molecular flexibility index (Phi) is 9.05. The van der Waals surface area contributed by atoms with Crippen molar-refractivity contribution in [2.75, 3.05) is 0 Å². The number of rotatable bonds is 8. The summed E-state index contributed by atoms with van der Waals surface area (Å²) in [7, 11) is 0. The Morgan fingerprint density at radius 1 is 0.361 bits per heavy atom. The number of hydrogen-bond donors (Lipinski definition) is 0. The fourth-order valence-corrected chi connectivity index (χ4v) is 9.25. The number of allylic oxidation sites excluding steroid dienone is 4. The number of aromatic nitrogens is 2. The van der Waals surface area contributed by atoms with Crippen LogP contribution < -0.4 is 0 Å². The number of nitrogens with zero attached hydrogens (tertiary/aromatic N) is 2. The summed E-state index contributed by atoms with van der Waals surface area (Å²) in [6, 6.07) is 77.8. The van der Waals surface area contributed by atoms with Crippen molar-refractivity contribution in [2.24, 2.45) is 0 Å². The Morgan fingerprint density at radius 3 is 1.16 bits per heavy atom. The molecule has 0 radical (unpaired) electrons. The van der Waals surface area contributed by atoms with Gasteiger partial charge < -0.3 is 9.13 Å². The molecule has 61 heavy (non-hydrogen) atoms. The zero-order valence-electron chi connectivity index (χ0n) is 34.1.